The van der Waals surface area contributed by atoms with Gasteiger partial charge in [-0.15, -0.1) is 0 Å². The van der Waals surface area contributed by atoms with Gasteiger partial charge in [0.1, 0.15) is 5.82 Å². The molecule has 3 rings (SSSR count). The summed E-state index contributed by atoms with van der Waals surface area (Å²) in [5.41, 5.74) is 2.43. The fourth-order valence-corrected chi connectivity index (χ4v) is 3.72. The second-order valence-corrected chi connectivity index (χ2v) is 7.46. The Balaban J connectivity index is 1.74. The minimum absolute atomic E-state index is 0.0280. The van der Waals surface area contributed by atoms with Crippen LogP contribution in [0, 0.1) is 18.7 Å². The quantitative estimate of drug-likeness (QED) is 0.813. The van der Waals surface area contributed by atoms with Crippen LogP contribution in [0.4, 0.5) is 9.18 Å². The van der Waals surface area contributed by atoms with Crippen molar-refractivity contribution in [2.75, 3.05) is 19.6 Å². The molecule has 1 aromatic heterocycles. The SMILES string of the molecule is CCNC(=O)N1C[C@H](C(=O)NCc2cccnc2)C[C@H](c2ccc(F)c(C)c2)C1. The monoisotopic (exact) mass is 398 g/mol. The molecule has 1 aliphatic heterocycles. The maximum Gasteiger partial charge on any atom is 0.317 e. The number of nitrogens with zero attached hydrogens (tertiary/aromatic N) is 2. The molecule has 0 aliphatic carbocycles. The van der Waals surface area contributed by atoms with Gasteiger partial charge in [0.15, 0.2) is 0 Å². The lowest BCUT2D eigenvalue weighted by atomic mass is 9.83. The van der Waals surface area contributed by atoms with Gasteiger partial charge in [-0.05, 0) is 49.1 Å². The standard InChI is InChI=1S/C22H27FN4O2/c1-3-25-22(29)27-13-18(17-6-7-20(23)15(2)9-17)10-19(14-27)21(28)26-12-16-5-4-8-24-11-16/h4-9,11,18-19H,3,10,12-14H2,1-2H3,(H,25,29)(H,26,28)/t18-,19+/m0/s1. The van der Waals surface area contributed by atoms with Crippen LogP contribution in [0.2, 0.25) is 0 Å². The van der Waals surface area contributed by atoms with Crippen LogP contribution in [0.5, 0.6) is 0 Å². The number of carbonyl (C=O) groups excluding carboxylic acids is 2. The summed E-state index contributed by atoms with van der Waals surface area (Å²) < 4.78 is 13.7. The van der Waals surface area contributed by atoms with Crippen LogP contribution in [0.25, 0.3) is 0 Å². The molecule has 2 N–H and O–H groups in total. The maximum atomic E-state index is 13.7. The maximum absolute atomic E-state index is 13.7. The summed E-state index contributed by atoms with van der Waals surface area (Å²) in [5, 5.41) is 5.77. The molecule has 1 fully saturated rings. The van der Waals surface area contributed by atoms with Gasteiger partial charge in [-0.25, -0.2) is 9.18 Å². The summed E-state index contributed by atoms with van der Waals surface area (Å²) in [7, 11) is 0. The zero-order chi connectivity index (χ0) is 20.8. The molecule has 2 heterocycles. The molecule has 154 valence electrons. The summed E-state index contributed by atoms with van der Waals surface area (Å²) in [4.78, 5) is 31.0. The van der Waals surface area contributed by atoms with Crippen LogP contribution in [0.3, 0.4) is 0 Å². The van der Waals surface area contributed by atoms with Gasteiger partial charge in [-0.3, -0.25) is 9.78 Å². The van der Waals surface area contributed by atoms with E-state index in [4.69, 9.17) is 0 Å². The van der Waals surface area contributed by atoms with Gasteiger partial charge in [0.2, 0.25) is 5.91 Å². The highest BCUT2D eigenvalue weighted by Gasteiger charge is 2.34. The number of pyridine rings is 1. The van der Waals surface area contributed by atoms with Crippen LogP contribution in [0.1, 0.15) is 36.0 Å². The topological polar surface area (TPSA) is 74.3 Å². The van der Waals surface area contributed by atoms with Crippen LogP contribution in [-0.2, 0) is 11.3 Å². The first-order valence-electron chi connectivity index (χ1n) is 9.93. The first kappa shape index (κ1) is 20.8. The van der Waals surface area contributed by atoms with E-state index in [1.165, 1.54) is 6.07 Å². The number of piperidine rings is 1. The molecule has 3 amide bonds. The normalized spacial score (nSPS) is 18.9. The second-order valence-electron chi connectivity index (χ2n) is 7.46. The average Bonchev–Trinajstić information content (AvgIpc) is 2.74. The van der Waals surface area contributed by atoms with Crippen LogP contribution >= 0.6 is 0 Å². The van der Waals surface area contributed by atoms with Crippen molar-refractivity contribution in [2.24, 2.45) is 5.92 Å². The van der Waals surface area contributed by atoms with Crippen LogP contribution < -0.4 is 10.6 Å². The molecule has 0 bridgehead atoms. The molecule has 0 spiro atoms. The number of urea groups is 1. The Morgan fingerprint density at radius 3 is 2.76 bits per heavy atom. The van der Waals surface area contributed by atoms with Gasteiger partial charge >= 0.3 is 6.03 Å². The number of amides is 3. The van der Waals surface area contributed by atoms with Gasteiger partial charge in [-0.1, -0.05) is 18.2 Å². The molecular formula is C22H27FN4O2. The molecule has 6 nitrogen and oxygen atoms in total. The van der Waals surface area contributed by atoms with Crippen LogP contribution in [0.15, 0.2) is 42.7 Å². The van der Waals surface area contributed by atoms with Gasteiger partial charge in [-0.2, -0.15) is 0 Å². The van der Waals surface area contributed by atoms with E-state index in [1.807, 2.05) is 25.1 Å². The molecule has 1 aromatic carbocycles. The van der Waals surface area contributed by atoms with Crippen molar-refractivity contribution in [3.8, 4) is 0 Å². The molecule has 2 atom stereocenters. The number of rotatable bonds is 5. The Labute approximate surface area is 170 Å². The molecule has 0 radical (unpaired) electrons. The summed E-state index contributed by atoms with van der Waals surface area (Å²) in [5.74, 6) is -0.708. The van der Waals surface area contributed by atoms with Gasteiger partial charge in [0, 0.05) is 44.5 Å². The van der Waals surface area contributed by atoms with E-state index in [9.17, 15) is 14.0 Å². The number of hydrogen-bond acceptors (Lipinski definition) is 3. The number of likely N-dealkylation sites (tertiary alicyclic amines) is 1. The van der Waals surface area contributed by atoms with Crippen molar-refractivity contribution < 1.29 is 14.0 Å². The minimum atomic E-state index is -0.335. The molecular weight excluding hydrogens is 371 g/mol. The molecule has 7 heteroatoms. The van der Waals surface area contributed by atoms with Crippen molar-refractivity contribution in [3.63, 3.8) is 0 Å². The Kier molecular flexibility index (Phi) is 6.80. The molecule has 29 heavy (non-hydrogen) atoms. The average molecular weight is 398 g/mol. The van der Waals surface area contributed by atoms with E-state index in [-0.39, 0.29) is 29.6 Å². The van der Waals surface area contributed by atoms with Gasteiger partial charge < -0.3 is 15.5 Å². The zero-order valence-corrected chi connectivity index (χ0v) is 16.8. The number of aryl methyl sites for hydroxylation is 1. The number of benzene rings is 1. The number of hydrogen-bond donors (Lipinski definition) is 2. The van der Waals surface area contributed by atoms with E-state index >= 15 is 0 Å². The highest BCUT2D eigenvalue weighted by molar-refractivity contribution is 5.81. The van der Waals surface area contributed by atoms with Crippen molar-refractivity contribution in [2.45, 2.75) is 32.7 Å². The molecule has 0 saturated carbocycles. The largest absolute Gasteiger partial charge is 0.352 e. The van der Waals surface area contributed by atoms with Crippen molar-refractivity contribution in [1.82, 2.24) is 20.5 Å². The Morgan fingerprint density at radius 2 is 2.07 bits per heavy atom. The smallest absolute Gasteiger partial charge is 0.317 e. The first-order chi connectivity index (χ1) is 14.0. The zero-order valence-electron chi connectivity index (χ0n) is 16.8. The van der Waals surface area contributed by atoms with E-state index in [0.29, 0.717) is 38.2 Å². The molecule has 2 aromatic rings. The highest BCUT2D eigenvalue weighted by atomic mass is 19.1. The lowest BCUT2D eigenvalue weighted by molar-refractivity contribution is -0.126. The minimum Gasteiger partial charge on any atom is -0.352 e. The lowest BCUT2D eigenvalue weighted by Crippen LogP contribution is -2.51. The Morgan fingerprint density at radius 1 is 1.24 bits per heavy atom. The summed E-state index contributed by atoms with van der Waals surface area (Å²) in [6.45, 7) is 5.37. The third-order valence-electron chi connectivity index (χ3n) is 5.28. The fraction of sp³-hybridized carbons (Fsp3) is 0.409. The number of nitrogens with one attached hydrogen (secondary N) is 2. The third-order valence-corrected chi connectivity index (χ3v) is 5.28. The first-order valence-corrected chi connectivity index (χ1v) is 9.93. The fourth-order valence-electron chi connectivity index (χ4n) is 3.72. The third kappa shape index (κ3) is 5.31. The van der Waals surface area contributed by atoms with Crippen molar-refractivity contribution >= 4 is 11.9 Å². The predicted molar refractivity (Wildman–Crippen MR) is 109 cm³/mol. The second kappa shape index (κ2) is 9.49. The number of carbonyl (C=O) groups is 2. The van der Waals surface area contributed by atoms with E-state index < -0.39 is 0 Å². The number of aromatic nitrogens is 1. The molecule has 1 aliphatic rings. The summed E-state index contributed by atoms with van der Waals surface area (Å²) in [6, 6.07) is 8.56. The molecule has 0 unspecified atom stereocenters. The number of halogens is 1. The van der Waals surface area contributed by atoms with E-state index in [2.05, 4.69) is 15.6 Å². The Bertz CT molecular complexity index is 859. The van der Waals surface area contributed by atoms with Crippen LogP contribution in [-0.4, -0.2) is 41.5 Å². The van der Waals surface area contributed by atoms with E-state index in [1.54, 1.807) is 30.3 Å². The summed E-state index contributed by atoms with van der Waals surface area (Å²) >= 11 is 0. The van der Waals surface area contributed by atoms with E-state index in [0.717, 1.165) is 11.1 Å². The predicted octanol–water partition coefficient (Wildman–Crippen LogP) is 2.98. The molecule has 1 saturated heterocycles. The van der Waals surface area contributed by atoms with Crippen molar-refractivity contribution in [1.29, 1.82) is 0 Å². The van der Waals surface area contributed by atoms with Gasteiger partial charge in [0.25, 0.3) is 0 Å². The lowest BCUT2D eigenvalue weighted by Gasteiger charge is -2.37. The van der Waals surface area contributed by atoms with Gasteiger partial charge in [0.05, 0.1) is 5.92 Å². The Hall–Kier alpha value is -2.96. The summed E-state index contributed by atoms with van der Waals surface area (Å²) in [6.07, 6.45) is 4.01. The highest BCUT2D eigenvalue weighted by Crippen LogP contribution is 2.31. The van der Waals surface area contributed by atoms with Crippen molar-refractivity contribution in [3.05, 3.63) is 65.2 Å².